The van der Waals surface area contributed by atoms with E-state index in [9.17, 15) is 33.9 Å². The normalized spacial score (nSPS) is 18.3. The molecule has 13 nitrogen and oxygen atoms in total. The highest BCUT2D eigenvalue weighted by atomic mass is 16.4. The third kappa shape index (κ3) is 9.04. The molecule has 0 aromatic heterocycles. The molecular weight excluding hydrogens is 436 g/mol. The molecule has 4 atom stereocenters. The molecule has 9 N–H and O–H groups in total. The molecule has 13 heteroatoms. The zero-order valence-electron chi connectivity index (χ0n) is 18.9. The second-order valence-electron chi connectivity index (χ2n) is 8.56. The molecule has 0 saturated carbocycles. The van der Waals surface area contributed by atoms with E-state index in [1.165, 1.54) is 4.90 Å². The van der Waals surface area contributed by atoms with Gasteiger partial charge in [0.2, 0.25) is 29.5 Å². The van der Waals surface area contributed by atoms with Crippen LogP contribution >= 0.6 is 0 Å². The highest BCUT2D eigenvalue weighted by molar-refractivity contribution is 5.95. The standard InChI is InChI=1S/C20H34N6O7/c1-10(2)8-11(21)17(29)24-12(5-6-15(22)27)19(31)26-7-3-4-14(26)18(30)25-13(20(32)33)9-16(23)28/h10-14H,3-9,21H2,1-2H3,(H2,22,27)(H2,23,28)(H,24,29)(H,25,30)(H,32,33). The summed E-state index contributed by atoms with van der Waals surface area (Å²) in [6.07, 6.45) is 0.226. The van der Waals surface area contributed by atoms with Gasteiger partial charge in [-0.05, 0) is 31.6 Å². The number of amides is 5. The van der Waals surface area contributed by atoms with Crippen LogP contribution in [0.15, 0.2) is 0 Å². The largest absolute Gasteiger partial charge is 0.480 e. The van der Waals surface area contributed by atoms with Crippen molar-refractivity contribution in [3.63, 3.8) is 0 Å². The molecule has 186 valence electrons. The molecule has 33 heavy (non-hydrogen) atoms. The summed E-state index contributed by atoms with van der Waals surface area (Å²) in [5.74, 6) is -4.82. The van der Waals surface area contributed by atoms with Crippen LogP contribution in [0.1, 0.15) is 52.4 Å². The van der Waals surface area contributed by atoms with Crippen LogP contribution in [0.2, 0.25) is 0 Å². The number of primary amides is 2. The van der Waals surface area contributed by atoms with Crippen molar-refractivity contribution in [1.29, 1.82) is 0 Å². The van der Waals surface area contributed by atoms with Crippen LogP contribution in [0.25, 0.3) is 0 Å². The van der Waals surface area contributed by atoms with Gasteiger partial charge < -0.3 is 37.8 Å². The number of rotatable bonds is 13. The monoisotopic (exact) mass is 470 g/mol. The van der Waals surface area contributed by atoms with Crippen molar-refractivity contribution in [1.82, 2.24) is 15.5 Å². The van der Waals surface area contributed by atoms with Gasteiger partial charge in [0.15, 0.2) is 0 Å². The molecule has 1 fully saturated rings. The van der Waals surface area contributed by atoms with Crippen molar-refractivity contribution in [2.45, 2.75) is 76.5 Å². The van der Waals surface area contributed by atoms with Crippen LogP contribution in [0, 0.1) is 5.92 Å². The second kappa shape index (κ2) is 12.7. The number of hydrogen-bond donors (Lipinski definition) is 6. The topological polar surface area (TPSA) is 228 Å². The van der Waals surface area contributed by atoms with E-state index < -0.39 is 66.1 Å². The number of carbonyl (C=O) groups excluding carboxylic acids is 5. The summed E-state index contributed by atoms with van der Waals surface area (Å²) >= 11 is 0. The maximum absolute atomic E-state index is 13.2. The molecule has 0 aromatic carbocycles. The van der Waals surface area contributed by atoms with E-state index in [2.05, 4.69) is 10.6 Å². The Kier molecular flexibility index (Phi) is 10.7. The molecule has 1 aliphatic rings. The van der Waals surface area contributed by atoms with Crippen molar-refractivity contribution in [2.75, 3.05) is 6.54 Å². The molecule has 0 spiro atoms. The van der Waals surface area contributed by atoms with Gasteiger partial charge in [-0.1, -0.05) is 13.8 Å². The molecule has 5 amide bonds. The predicted octanol–water partition coefficient (Wildman–Crippen LogP) is -2.45. The number of carbonyl (C=O) groups is 6. The summed E-state index contributed by atoms with van der Waals surface area (Å²) in [4.78, 5) is 73.3. The lowest BCUT2D eigenvalue weighted by atomic mass is 10.0. The maximum atomic E-state index is 13.2. The Morgan fingerprint density at radius 3 is 2.18 bits per heavy atom. The fraction of sp³-hybridized carbons (Fsp3) is 0.700. The summed E-state index contributed by atoms with van der Waals surface area (Å²) in [7, 11) is 0. The quantitative estimate of drug-likeness (QED) is 0.169. The van der Waals surface area contributed by atoms with Gasteiger partial charge in [0, 0.05) is 13.0 Å². The summed E-state index contributed by atoms with van der Waals surface area (Å²) in [5, 5.41) is 14.0. The van der Waals surface area contributed by atoms with Gasteiger partial charge in [0.1, 0.15) is 18.1 Å². The number of aliphatic carboxylic acids is 1. The minimum absolute atomic E-state index is 0.0848. The van der Waals surface area contributed by atoms with Crippen LogP contribution in [-0.2, 0) is 28.8 Å². The first-order valence-corrected chi connectivity index (χ1v) is 10.8. The lowest BCUT2D eigenvalue weighted by molar-refractivity contribution is -0.146. The number of nitrogens with two attached hydrogens (primary N) is 3. The molecular formula is C20H34N6O7. The number of hydrogen-bond acceptors (Lipinski definition) is 7. The van der Waals surface area contributed by atoms with E-state index in [4.69, 9.17) is 17.2 Å². The van der Waals surface area contributed by atoms with Crippen molar-refractivity contribution < 1.29 is 33.9 Å². The van der Waals surface area contributed by atoms with E-state index in [0.29, 0.717) is 12.8 Å². The van der Waals surface area contributed by atoms with E-state index >= 15 is 0 Å². The lowest BCUT2D eigenvalue weighted by Gasteiger charge is -2.30. The van der Waals surface area contributed by atoms with Crippen LogP contribution in [0.4, 0.5) is 0 Å². The number of nitrogens with one attached hydrogen (secondary N) is 2. The first kappa shape index (κ1) is 27.8. The van der Waals surface area contributed by atoms with E-state index in [-0.39, 0.29) is 31.7 Å². The van der Waals surface area contributed by atoms with Gasteiger partial charge in [-0.15, -0.1) is 0 Å². The minimum Gasteiger partial charge on any atom is -0.480 e. The Morgan fingerprint density at radius 1 is 1.03 bits per heavy atom. The second-order valence-corrected chi connectivity index (χ2v) is 8.56. The Morgan fingerprint density at radius 2 is 1.67 bits per heavy atom. The van der Waals surface area contributed by atoms with Crippen molar-refractivity contribution >= 4 is 35.5 Å². The molecule has 1 saturated heterocycles. The number of carboxylic acid groups (broad SMARTS) is 1. The fourth-order valence-corrected chi connectivity index (χ4v) is 3.61. The Labute approximate surface area is 191 Å². The number of likely N-dealkylation sites (tertiary alicyclic amines) is 1. The molecule has 0 aromatic rings. The molecule has 0 radical (unpaired) electrons. The minimum atomic E-state index is -1.54. The van der Waals surface area contributed by atoms with Gasteiger partial charge in [0.25, 0.3) is 0 Å². The van der Waals surface area contributed by atoms with Gasteiger partial charge in [-0.2, -0.15) is 0 Å². The maximum Gasteiger partial charge on any atom is 0.326 e. The zero-order chi connectivity index (χ0) is 25.3. The summed E-state index contributed by atoms with van der Waals surface area (Å²) in [6, 6.07) is -4.55. The highest BCUT2D eigenvalue weighted by Crippen LogP contribution is 2.20. The van der Waals surface area contributed by atoms with Crippen molar-refractivity contribution in [2.24, 2.45) is 23.1 Å². The molecule has 4 unspecified atom stereocenters. The third-order valence-corrected chi connectivity index (χ3v) is 5.21. The average Bonchev–Trinajstić information content (AvgIpc) is 3.18. The molecule has 1 heterocycles. The van der Waals surface area contributed by atoms with Crippen LogP contribution in [-0.4, -0.2) is 76.2 Å². The average molecular weight is 471 g/mol. The Hall–Kier alpha value is -3.22. The lowest BCUT2D eigenvalue weighted by Crippen LogP contribution is -2.57. The van der Waals surface area contributed by atoms with Crippen molar-refractivity contribution in [3.8, 4) is 0 Å². The first-order valence-electron chi connectivity index (χ1n) is 10.8. The van der Waals surface area contributed by atoms with Gasteiger partial charge in [-0.3, -0.25) is 24.0 Å². The molecule has 1 rings (SSSR count). The van der Waals surface area contributed by atoms with Crippen LogP contribution in [0.5, 0.6) is 0 Å². The third-order valence-electron chi connectivity index (χ3n) is 5.21. The van der Waals surface area contributed by atoms with Crippen molar-refractivity contribution in [3.05, 3.63) is 0 Å². The van der Waals surface area contributed by atoms with Crippen LogP contribution < -0.4 is 27.8 Å². The molecule has 0 aliphatic carbocycles. The zero-order valence-corrected chi connectivity index (χ0v) is 18.9. The van der Waals surface area contributed by atoms with E-state index in [1.807, 2.05) is 13.8 Å². The Balaban J connectivity index is 2.98. The van der Waals surface area contributed by atoms with Crippen LogP contribution in [0.3, 0.4) is 0 Å². The highest BCUT2D eigenvalue weighted by Gasteiger charge is 2.39. The first-order chi connectivity index (χ1) is 15.3. The molecule has 1 aliphatic heterocycles. The van der Waals surface area contributed by atoms with E-state index in [1.54, 1.807) is 0 Å². The van der Waals surface area contributed by atoms with Gasteiger partial charge >= 0.3 is 5.97 Å². The summed E-state index contributed by atoms with van der Waals surface area (Å²) < 4.78 is 0. The van der Waals surface area contributed by atoms with E-state index in [0.717, 1.165) is 0 Å². The Bertz CT molecular complexity index is 772. The summed E-state index contributed by atoms with van der Waals surface area (Å²) in [5.41, 5.74) is 16.1. The molecule has 0 bridgehead atoms. The van der Waals surface area contributed by atoms with Gasteiger partial charge in [-0.25, -0.2) is 4.79 Å². The number of carboxylic acids is 1. The predicted molar refractivity (Wildman–Crippen MR) is 116 cm³/mol. The number of nitrogens with zero attached hydrogens (tertiary/aromatic N) is 1. The van der Waals surface area contributed by atoms with Gasteiger partial charge in [0.05, 0.1) is 12.5 Å². The fourth-order valence-electron chi connectivity index (χ4n) is 3.61. The SMILES string of the molecule is CC(C)CC(N)C(=O)NC(CCC(N)=O)C(=O)N1CCCC1C(=O)NC(CC(N)=O)C(=O)O. The smallest absolute Gasteiger partial charge is 0.326 e. The summed E-state index contributed by atoms with van der Waals surface area (Å²) in [6.45, 7) is 3.96.